The van der Waals surface area contributed by atoms with Gasteiger partial charge in [0.2, 0.25) is 0 Å². The molecule has 0 aliphatic rings. The molecule has 0 saturated carbocycles. The van der Waals surface area contributed by atoms with Crippen LogP contribution in [0.4, 0.5) is 0 Å². The average Bonchev–Trinajstić information content (AvgIpc) is 2.34. The molecule has 0 aliphatic carbocycles. The zero-order chi connectivity index (χ0) is 13.4. The maximum Gasteiger partial charge on any atom is 0.107 e. The summed E-state index contributed by atoms with van der Waals surface area (Å²) in [5.74, 6) is 4.86. The maximum absolute atomic E-state index is 5.32. The fraction of sp³-hybridized carbons (Fsp3) is 0.286. The summed E-state index contributed by atoms with van der Waals surface area (Å²) >= 11 is 6.96. The lowest BCUT2D eigenvalue weighted by molar-refractivity contribution is 0.148. The maximum atomic E-state index is 5.32. The largest absolute Gasteiger partial charge is 0.364 e. The highest BCUT2D eigenvalue weighted by molar-refractivity contribution is 9.11. The van der Waals surface area contributed by atoms with Crippen LogP contribution < -0.4 is 0 Å². The molecular weight excluding hydrogens is 360 g/mol. The lowest BCUT2D eigenvalue weighted by atomic mass is 10.1. The summed E-state index contributed by atoms with van der Waals surface area (Å²) in [5.41, 5.74) is 2.04. The van der Waals surface area contributed by atoms with Gasteiger partial charge >= 0.3 is 0 Å². The van der Waals surface area contributed by atoms with Crippen molar-refractivity contribution in [3.05, 3.63) is 32.2 Å². The van der Waals surface area contributed by atoms with Gasteiger partial charge in [-0.3, -0.25) is 0 Å². The summed E-state index contributed by atoms with van der Waals surface area (Å²) in [6.07, 6.45) is 10.3. The quantitative estimate of drug-likeness (QED) is 0.562. The van der Waals surface area contributed by atoms with Crippen LogP contribution in [0.5, 0.6) is 0 Å². The van der Waals surface area contributed by atoms with Crippen molar-refractivity contribution in [2.24, 2.45) is 0 Å². The van der Waals surface area contributed by atoms with E-state index >= 15 is 0 Å². The van der Waals surface area contributed by atoms with Crippen molar-refractivity contribution in [2.45, 2.75) is 13.2 Å². The van der Waals surface area contributed by atoms with Gasteiger partial charge in [0.15, 0.2) is 0 Å². The van der Waals surface area contributed by atoms with Crippen LogP contribution in [0.2, 0.25) is 0 Å². The predicted molar refractivity (Wildman–Crippen MR) is 78.8 cm³/mol. The SMILES string of the molecule is C#CCOCc1cc(COCC#C)c(Br)cc1Br. The summed E-state index contributed by atoms with van der Waals surface area (Å²) in [4.78, 5) is 0. The predicted octanol–water partition coefficient (Wildman–Crippen LogP) is 3.51. The van der Waals surface area contributed by atoms with Crippen LogP contribution in [0, 0.1) is 24.7 Å². The molecule has 0 radical (unpaired) electrons. The number of ether oxygens (including phenoxy) is 2. The molecule has 0 spiro atoms. The van der Waals surface area contributed by atoms with Crippen LogP contribution >= 0.6 is 31.9 Å². The van der Waals surface area contributed by atoms with Crippen molar-refractivity contribution in [1.29, 1.82) is 0 Å². The van der Waals surface area contributed by atoms with Crippen molar-refractivity contribution in [2.75, 3.05) is 13.2 Å². The second-order valence-corrected chi connectivity index (χ2v) is 5.14. The fourth-order valence-electron chi connectivity index (χ4n) is 1.31. The smallest absolute Gasteiger partial charge is 0.107 e. The van der Waals surface area contributed by atoms with Crippen molar-refractivity contribution < 1.29 is 9.47 Å². The standard InChI is InChI=1S/C14H12Br2O2/c1-3-5-17-9-11-7-12(10-18-6-4-2)14(16)8-13(11)15/h1-2,7-8H,5-6,9-10H2. The minimum Gasteiger partial charge on any atom is -0.364 e. The molecule has 94 valence electrons. The van der Waals surface area contributed by atoms with Gasteiger partial charge in [0.1, 0.15) is 13.2 Å². The highest BCUT2D eigenvalue weighted by Crippen LogP contribution is 2.27. The number of terminal acetylenes is 2. The third-order valence-corrected chi connectivity index (χ3v) is 3.58. The molecule has 1 aromatic rings. The van der Waals surface area contributed by atoms with Crippen molar-refractivity contribution in [1.82, 2.24) is 0 Å². The molecular formula is C14H12Br2O2. The molecule has 0 fully saturated rings. The zero-order valence-electron chi connectivity index (χ0n) is 9.71. The highest BCUT2D eigenvalue weighted by atomic mass is 79.9. The van der Waals surface area contributed by atoms with Gasteiger partial charge in [0, 0.05) is 8.95 Å². The second kappa shape index (κ2) is 8.34. The molecule has 0 aromatic heterocycles. The lowest BCUT2D eigenvalue weighted by Crippen LogP contribution is -1.99. The molecule has 0 saturated heterocycles. The fourth-order valence-corrected chi connectivity index (χ4v) is 2.53. The Balaban J connectivity index is 2.76. The second-order valence-electron chi connectivity index (χ2n) is 3.43. The Hall–Kier alpha value is -0.780. The normalized spacial score (nSPS) is 9.78. The average molecular weight is 372 g/mol. The molecule has 0 bridgehead atoms. The number of halogens is 2. The van der Waals surface area contributed by atoms with Crippen LogP contribution in [0.15, 0.2) is 21.1 Å². The first-order chi connectivity index (χ1) is 8.69. The molecule has 4 heteroatoms. The zero-order valence-corrected chi connectivity index (χ0v) is 12.9. The van der Waals surface area contributed by atoms with Crippen molar-refractivity contribution >= 4 is 31.9 Å². The molecule has 0 N–H and O–H groups in total. The van der Waals surface area contributed by atoms with Crippen molar-refractivity contribution in [3.8, 4) is 24.7 Å². The Labute approximate surface area is 124 Å². The van der Waals surface area contributed by atoms with E-state index in [2.05, 4.69) is 43.7 Å². The molecule has 1 rings (SSSR count). The van der Waals surface area contributed by atoms with Crippen LogP contribution in [0.3, 0.4) is 0 Å². The molecule has 0 amide bonds. The Bertz CT molecular complexity index is 443. The van der Waals surface area contributed by atoms with Crippen LogP contribution in [0.1, 0.15) is 11.1 Å². The van der Waals surface area contributed by atoms with Crippen LogP contribution in [-0.2, 0) is 22.7 Å². The van der Waals surface area contributed by atoms with Crippen molar-refractivity contribution in [3.63, 3.8) is 0 Å². The van der Waals surface area contributed by atoms with E-state index in [1.165, 1.54) is 0 Å². The molecule has 2 nitrogen and oxygen atoms in total. The Morgan fingerprint density at radius 2 is 1.33 bits per heavy atom. The molecule has 0 aliphatic heterocycles. The minimum absolute atomic E-state index is 0.297. The van der Waals surface area contributed by atoms with Crippen LogP contribution in [0.25, 0.3) is 0 Å². The van der Waals surface area contributed by atoms with E-state index in [1.807, 2.05) is 12.1 Å². The van der Waals surface area contributed by atoms with Gasteiger partial charge in [-0.25, -0.2) is 0 Å². The third-order valence-electron chi connectivity index (χ3n) is 2.10. The minimum atomic E-state index is 0.297. The number of hydrogen-bond donors (Lipinski definition) is 0. The van der Waals surface area contributed by atoms with Gasteiger partial charge in [0.05, 0.1) is 13.2 Å². The van der Waals surface area contributed by atoms with E-state index in [-0.39, 0.29) is 0 Å². The van der Waals surface area contributed by atoms with Gasteiger partial charge in [-0.15, -0.1) is 12.8 Å². The Morgan fingerprint density at radius 3 is 1.72 bits per heavy atom. The monoisotopic (exact) mass is 370 g/mol. The molecule has 18 heavy (non-hydrogen) atoms. The summed E-state index contributed by atoms with van der Waals surface area (Å²) in [6, 6.07) is 3.96. The number of hydrogen-bond acceptors (Lipinski definition) is 2. The van der Waals surface area contributed by atoms with E-state index in [4.69, 9.17) is 22.3 Å². The summed E-state index contributed by atoms with van der Waals surface area (Å²) in [6.45, 7) is 1.51. The van der Waals surface area contributed by atoms with Gasteiger partial charge < -0.3 is 9.47 Å². The highest BCUT2D eigenvalue weighted by Gasteiger charge is 2.07. The Morgan fingerprint density at radius 1 is 0.889 bits per heavy atom. The van der Waals surface area contributed by atoms with E-state index in [9.17, 15) is 0 Å². The molecule has 0 unspecified atom stereocenters. The Kier molecular flexibility index (Phi) is 7.08. The molecule has 0 atom stereocenters. The molecule has 0 heterocycles. The number of rotatable bonds is 6. The van der Waals surface area contributed by atoms with E-state index in [1.54, 1.807) is 0 Å². The van der Waals surface area contributed by atoms with Gasteiger partial charge in [-0.2, -0.15) is 0 Å². The first kappa shape index (κ1) is 15.3. The van der Waals surface area contributed by atoms with Gasteiger partial charge in [-0.05, 0) is 23.3 Å². The van der Waals surface area contributed by atoms with E-state index in [0.29, 0.717) is 26.4 Å². The number of benzene rings is 1. The first-order valence-corrected chi connectivity index (χ1v) is 6.76. The topological polar surface area (TPSA) is 18.5 Å². The molecule has 1 aromatic carbocycles. The summed E-state index contributed by atoms with van der Waals surface area (Å²) in [5, 5.41) is 0. The summed E-state index contributed by atoms with van der Waals surface area (Å²) in [7, 11) is 0. The lowest BCUT2D eigenvalue weighted by Gasteiger charge is -2.10. The first-order valence-electron chi connectivity index (χ1n) is 5.18. The third kappa shape index (κ3) is 4.84. The van der Waals surface area contributed by atoms with Gasteiger partial charge in [-0.1, -0.05) is 43.7 Å². The summed E-state index contributed by atoms with van der Waals surface area (Å²) < 4.78 is 12.6. The van der Waals surface area contributed by atoms with E-state index in [0.717, 1.165) is 20.1 Å². The van der Waals surface area contributed by atoms with Crippen LogP contribution in [-0.4, -0.2) is 13.2 Å². The van der Waals surface area contributed by atoms with Gasteiger partial charge in [0.25, 0.3) is 0 Å². The van der Waals surface area contributed by atoms with E-state index < -0.39 is 0 Å².